The summed E-state index contributed by atoms with van der Waals surface area (Å²) >= 11 is 0. The van der Waals surface area contributed by atoms with E-state index in [1.165, 1.54) is 24.3 Å². The van der Waals surface area contributed by atoms with Crippen molar-refractivity contribution < 1.29 is 14.0 Å². The molecule has 0 aliphatic carbocycles. The number of nitrogens with two attached hydrogens (primary N) is 2. The minimum Gasteiger partial charge on any atom is -0.402 e. The van der Waals surface area contributed by atoms with Crippen LogP contribution in [0.2, 0.25) is 0 Å². The van der Waals surface area contributed by atoms with Gasteiger partial charge in [0.2, 0.25) is 11.8 Å². The van der Waals surface area contributed by atoms with E-state index in [2.05, 4.69) is 10.3 Å². The van der Waals surface area contributed by atoms with Gasteiger partial charge in [0.25, 0.3) is 0 Å². The van der Waals surface area contributed by atoms with Gasteiger partial charge in [0, 0.05) is 17.2 Å². The van der Waals surface area contributed by atoms with Gasteiger partial charge in [0.05, 0.1) is 5.69 Å². The summed E-state index contributed by atoms with van der Waals surface area (Å²) in [6.07, 6.45) is 0. The fourth-order valence-corrected chi connectivity index (χ4v) is 3.20. The number of piperidine rings is 1. The van der Waals surface area contributed by atoms with Gasteiger partial charge in [-0.25, -0.2) is 9.38 Å². The normalized spacial score (nSPS) is 23.0. The van der Waals surface area contributed by atoms with Gasteiger partial charge >= 0.3 is 0 Å². The van der Waals surface area contributed by atoms with E-state index in [9.17, 15) is 14.0 Å². The second-order valence-electron chi connectivity index (χ2n) is 6.29. The van der Waals surface area contributed by atoms with E-state index in [-0.39, 0.29) is 5.84 Å². The number of carbonyl (C=O) groups excluding carboxylic acids is 2. The molecule has 2 unspecified atom stereocenters. The van der Waals surface area contributed by atoms with Gasteiger partial charge in [0.1, 0.15) is 17.6 Å². The zero-order valence-electron chi connectivity index (χ0n) is 14.6. The Morgan fingerprint density at radius 3 is 2.26 bits per heavy atom. The molecule has 0 spiro atoms. The molecule has 7 heteroatoms. The third-order valence-corrected chi connectivity index (χ3v) is 4.38. The SMILES string of the molecule is C/C(N)=C1/C(=Nc2ccccc2)NC(=O)C(C(N)=O)C1c1ccc(F)cc1. The molecule has 0 radical (unpaired) electrons. The summed E-state index contributed by atoms with van der Waals surface area (Å²) in [5, 5.41) is 2.64. The maximum absolute atomic E-state index is 13.4. The molecular formula is C20H19FN4O2. The second-order valence-corrected chi connectivity index (χ2v) is 6.29. The minimum absolute atomic E-state index is 0.248. The van der Waals surface area contributed by atoms with Crippen molar-refractivity contribution in [2.75, 3.05) is 0 Å². The van der Waals surface area contributed by atoms with Crippen molar-refractivity contribution in [1.29, 1.82) is 0 Å². The lowest BCUT2D eigenvalue weighted by molar-refractivity contribution is -0.133. The van der Waals surface area contributed by atoms with Crippen LogP contribution in [0.5, 0.6) is 0 Å². The van der Waals surface area contributed by atoms with Crippen LogP contribution >= 0.6 is 0 Å². The van der Waals surface area contributed by atoms with Crippen LogP contribution in [-0.4, -0.2) is 17.6 Å². The van der Waals surface area contributed by atoms with Gasteiger partial charge in [-0.3, -0.25) is 9.59 Å². The van der Waals surface area contributed by atoms with Gasteiger partial charge in [-0.2, -0.15) is 0 Å². The number of para-hydroxylation sites is 1. The van der Waals surface area contributed by atoms with Crippen LogP contribution in [-0.2, 0) is 9.59 Å². The number of hydrogen-bond acceptors (Lipinski definition) is 4. The first-order chi connectivity index (χ1) is 12.9. The topological polar surface area (TPSA) is 111 Å². The molecule has 0 bridgehead atoms. The summed E-state index contributed by atoms with van der Waals surface area (Å²) in [6.45, 7) is 1.65. The van der Waals surface area contributed by atoms with Crippen LogP contribution in [0.15, 0.2) is 70.9 Å². The Bertz CT molecular complexity index is 932. The number of aliphatic imine (C=N–C) groups is 1. The Kier molecular flexibility index (Phi) is 5.03. The maximum atomic E-state index is 13.4. The number of nitrogens with zero attached hydrogens (tertiary/aromatic N) is 1. The Hall–Kier alpha value is -3.48. The Labute approximate surface area is 155 Å². The molecule has 2 aromatic carbocycles. The van der Waals surface area contributed by atoms with Gasteiger partial charge in [-0.05, 0) is 36.8 Å². The average molecular weight is 366 g/mol. The van der Waals surface area contributed by atoms with Crippen LogP contribution in [0.25, 0.3) is 0 Å². The molecule has 5 N–H and O–H groups in total. The Balaban J connectivity index is 2.19. The van der Waals surface area contributed by atoms with Crippen molar-refractivity contribution in [1.82, 2.24) is 5.32 Å². The molecule has 2 amide bonds. The highest BCUT2D eigenvalue weighted by Gasteiger charge is 2.43. The number of amidine groups is 1. The number of rotatable bonds is 3. The zero-order chi connectivity index (χ0) is 19.6. The summed E-state index contributed by atoms with van der Waals surface area (Å²) in [6, 6.07) is 14.6. The monoisotopic (exact) mass is 366 g/mol. The van der Waals surface area contributed by atoms with E-state index in [1.807, 2.05) is 18.2 Å². The number of hydrogen-bond donors (Lipinski definition) is 3. The van der Waals surface area contributed by atoms with Crippen LogP contribution < -0.4 is 16.8 Å². The van der Waals surface area contributed by atoms with Crippen molar-refractivity contribution >= 4 is 23.3 Å². The number of benzene rings is 2. The van der Waals surface area contributed by atoms with E-state index in [4.69, 9.17) is 11.5 Å². The summed E-state index contributed by atoms with van der Waals surface area (Å²) in [7, 11) is 0. The Morgan fingerprint density at radius 2 is 1.70 bits per heavy atom. The third kappa shape index (κ3) is 3.72. The number of primary amides is 1. The molecule has 2 atom stereocenters. The molecule has 1 saturated heterocycles. The van der Waals surface area contributed by atoms with Crippen molar-refractivity contribution in [3.63, 3.8) is 0 Å². The smallest absolute Gasteiger partial charge is 0.239 e. The molecule has 0 saturated carbocycles. The fourth-order valence-electron chi connectivity index (χ4n) is 3.20. The van der Waals surface area contributed by atoms with Crippen molar-refractivity contribution in [3.8, 4) is 0 Å². The van der Waals surface area contributed by atoms with E-state index in [0.29, 0.717) is 22.5 Å². The molecule has 1 heterocycles. The molecule has 2 aromatic rings. The fraction of sp³-hybridized carbons (Fsp3) is 0.150. The highest BCUT2D eigenvalue weighted by Crippen LogP contribution is 2.37. The van der Waals surface area contributed by atoms with Crippen molar-refractivity contribution in [3.05, 3.63) is 77.2 Å². The highest BCUT2D eigenvalue weighted by molar-refractivity contribution is 6.18. The molecule has 138 valence electrons. The second kappa shape index (κ2) is 7.41. The van der Waals surface area contributed by atoms with Crippen LogP contribution in [0.3, 0.4) is 0 Å². The van der Waals surface area contributed by atoms with Gasteiger partial charge < -0.3 is 16.8 Å². The van der Waals surface area contributed by atoms with Crippen LogP contribution in [0.4, 0.5) is 10.1 Å². The quantitative estimate of drug-likeness (QED) is 0.723. The zero-order valence-corrected chi connectivity index (χ0v) is 14.6. The van der Waals surface area contributed by atoms with Gasteiger partial charge in [-0.15, -0.1) is 0 Å². The van der Waals surface area contributed by atoms with E-state index in [1.54, 1.807) is 19.1 Å². The predicted octanol–water partition coefficient (Wildman–Crippen LogP) is 2.10. The standard InChI is InChI=1S/C20H19FN4O2/c1-11(22)15-16(12-7-9-13(21)10-8-12)17(18(23)26)20(27)25-19(15)24-14-5-3-2-4-6-14/h2-10,16-17H,22H2,1H3,(H2,23,26)(H,24,25,27)/b15-11-. The van der Waals surface area contributed by atoms with E-state index in [0.717, 1.165) is 0 Å². The predicted molar refractivity (Wildman–Crippen MR) is 100 cm³/mol. The first-order valence-electron chi connectivity index (χ1n) is 8.34. The van der Waals surface area contributed by atoms with Crippen LogP contribution in [0, 0.1) is 11.7 Å². The first-order valence-corrected chi connectivity index (χ1v) is 8.34. The molecule has 0 aromatic heterocycles. The number of amides is 2. The molecule has 1 fully saturated rings. The lowest BCUT2D eigenvalue weighted by Gasteiger charge is -2.33. The van der Waals surface area contributed by atoms with Crippen molar-refractivity contribution in [2.24, 2.45) is 22.4 Å². The largest absolute Gasteiger partial charge is 0.402 e. The summed E-state index contributed by atoms with van der Waals surface area (Å²) in [4.78, 5) is 29.1. The Morgan fingerprint density at radius 1 is 1.07 bits per heavy atom. The number of carbonyl (C=O) groups is 2. The lowest BCUT2D eigenvalue weighted by atomic mass is 9.75. The number of nitrogens with one attached hydrogen (secondary N) is 1. The first kappa shape index (κ1) is 18.3. The molecule has 3 rings (SSSR count). The number of halogens is 1. The minimum atomic E-state index is -1.18. The van der Waals surface area contributed by atoms with E-state index >= 15 is 0 Å². The molecular weight excluding hydrogens is 347 g/mol. The van der Waals surface area contributed by atoms with Gasteiger partial charge in [0.15, 0.2) is 0 Å². The molecule has 1 aliphatic rings. The van der Waals surface area contributed by atoms with Crippen molar-refractivity contribution in [2.45, 2.75) is 12.8 Å². The summed E-state index contributed by atoms with van der Waals surface area (Å²) < 4.78 is 13.4. The van der Waals surface area contributed by atoms with Crippen LogP contribution in [0.1, 0.15) is 18.4 Å². The maximum Gasteiger partial charge on any atom is 0.239 e. The van der Waals surface area contributed by atoms with E-state index < -0.39 is 29.5 Å². The summed E-state index contributed by atoms with van der Waals surface area (Å²) in [5.41, 5.74) is 13.6. The third-order valence-electron chi connectivity index (χ3n) is 4.38. The molecule has 27 heavy (non-hydrogen) atoms. The molecule has 1 aliphatic heterocycles. The highest BCUT2D eigenvalue weighted by atomic mass is 19.1. The lowest BCUT2D eigenvalue weighted by Crippen LogP contribution is -2.51. The average Bonchev–Trinajstić information content (AvgIpc) is 2.62. The number of allylic oxidation sites excluding steroid dienone is 1. The summed E-state index contributed by atoms with van der Waals surface area (Å²) in [5.74, 6) is -3.49. The molecule has 6 nitrogen and oxygen atoms in total. The van der Waals surface area contributed by atoms with Gasteiger partial charge in [-0.1, -0.05) is 30.3 Å².